The lowest BCUT2D eigenvalue weighted by Gasteiger charge is -2.35. The van der Waals surface area contributed by atoms with Gasteiger partial charge in [-0.05, 0) is 38.3 Å². The van der Waals surface area contributed by atoms with Crippen LogP contribution in [0, 0.1) is 15.9 Å². The highest BCUT2D eigenvalue weighted by Gasteiger charge is 2.30. The van der Waals surface area contributed by atoms with Crippen molar-refractivity contribution >= 4 is 17.2 Å². The first-order valence-corrected chi connectivity index (χ1v) is 6.21. The van der Waals surface area contributed by atoms with E-state index in [-0.39, 0.29) is 17.5 Å². The van der Waals surface area contributed by atoms with Crippen LogP contribution in [0.15, 0.2) is 18.2 Å². The van der Waals surface area contributed by atoms with Crippen LogP contribution in [-0.4, -0.2) is 23.3 Å². The number of hydrogen-bond donors (Lipinski definition) is 0. The van der Waals surface area contributed by atoms with Gasteiger partial charge in [0.25, 0.3) is 5.69 Å². The summed E-state index contributed by atoms with van der Waals surface area (Å²) in [6, 6.07) is 3.13. The molecule has 19 heavy (non-hydrogen) atoms. The number of rotatable bonds is 3. The molecular weight excluding hydrogens is 251 g/mol. The van der Waals surface area contributed by atoms with Gasteiger partial charge in [-0.1, -0.05) is 0 Å². The molecule has 0 amide bonds. The summed E-state index contributed by atoms with van der Waals surface area (Å²) in [6.07, 6.45) is 2.48. The molecule has 1 aromatic carbocycles. The van der Waals surface area contributed by atoms with E-state index in [9.17, 15) is 19.3 Å². The number of nitrogens with zero attached hydrogens (tertiary/aromatic N) is 2. The van der Waals surface area contributed by atoms with Gasteiger partial charge in [-0.3, -0.25) is 14.9 Å². The summed E-state index contributed by atoms with van der Waals surface area (Å²) in [6.45, 7) is 2.06. The van der Waals surface area contributed by atoms with Gasteiger partial charge in [0, 0.05) is 6.54 Å². The second-order valence-electron chi connectivity index (χ2n) is 4.71. The van der Waals surface area contributed by atoms with Crippen molar-refractivity contribution in [3.05, 3.63) is 34.1 Å². The van der Waals surface area contributed by atoms with Crippen LogP contribution in [0.3, 0.4) is 0 Å². The second kappa shape index (κ2) is 5.34. The summed E-state index contributed by atoms with van der Waals surface area (Å²) in [5.74, 6) is -0.662. The predicted octanol–water partition coefficient (Wildman–Crippen LogP) is 2.68. The SMILES string of the molecule is CC(=O)C1CCCCN1c1ccc(F)cc1[N+](=O)[O-]. The molecule has 1 aromatic rings. The summed E-state index contributed by atoms with van der Waals surface area (Å²) >= 11 is 0. The number of ketones is 1. The fourth-order valence-electron chi connectivity index (χ4n) is 2.53. The van der Waals surface area contributed by atoms with E-state index in [1.165, 1.54) is 19.1 Å². The van der Waals surface area contributed by atoms with E-state index < -0.39 is 10.7 Å². The third kappa shape index (κ3) is 2.72. The molecule has 0 bridgehead atoms. The highest BCUT2D eigenvalue weighted by molar-refractivity contribution is 5.86. The van der Waals surface area contributed by atoms with Crippen molar-refractivity contribution in [3.63, 3.8) is 0 Å². The third-order valence-corrected chi connectivity index (χ3v) is 3.42. The molecule has 0 spiro atoms. The van der Waals surface area contributed by atoms with Crippen LogP contribution in [0.25, 0.3) is 0 Å². The van der Waals surface area contributed by atoms with Crippen molar-refractivity contribution in [1.82, 2.24) is 0 Å². The molecule has 1 saturated heterocycles. The fourth-order valence-corrected chi connectivity index (χ4v) is 2.53. The lowest BCUT2D eigenvalue weighted by Crippen LogP contribution is -2.44. The molecule has 1 aliphatic rings. The van der Waals surface area contributed by atoms with Crippen LogP contribution in [0.1, 0.15) is 26.2 Å². The lowest BCUT2D eigenvalue weighted by molar-refractivity contribution is -0.384. The highest BCUT2D eigenvalue weighted by Crippen LogP contribution is 2.33. The first kappa shape index (κ1) is 13.5. The molecule has 0 aromatic heterocycles. The zero-order valence-electron chi connectivity index (χ0n) is 10.6. The Bertz CT molecular complexity index is 519. The maximum atomic E-state index is 13.1. The van der Waals surface area contributed by atoms with E-state index in [0.717, 1.165) is 18.9 Å². The number of carbonyl (C=O) groups excluding carboxylic acids is 1. The number of Topliss-reactive ketones (excluding diaryl/α,β-unsaturated/α-hetero) is 1. The molecule has 1 unspecified atom stereocenters. The highest BCUT2D eigenvalue weighted by atomic mass is 19.1. The normalized spacial score (nSPS) is 19.3. The second-order valence-corrected chi connectivity index (χ2v) is 4.71. The van der Waals surface area contributed by atoms with Crippen molar-refractivity contribution in [2.45, 2.75) is 32.2 Å². The average molecular weight is 266 g/mol. The minimum atomic E-state index is -0.646. The maximum absolute atomic E-state index is 13.1. The fraction of sp³-hybridized carbons (Fsp3) is 0.462. The Kier molecular flexibility index (Phi) is 3.78. The van der Waals surface area contributed by atoms with Crippen LogP contribution in [-0.2, 0) is 4.79 Å². The molecule has 102 valence electrons. The van der Waals surface area contributed by atoms with Crippen LogP contribution >= 0.6 is 0 Å². The Labute approximate surface area is 110 Å². The summed E-state index contributed by atoms with van der Waals surface area (Å²) in [7, 11) is 0. The Morgan fingerprint density at radius 2 is 2.21 bits per heavy atom. The zero-order valence-corrected chi connectivity index (χ0v) is 10.6. The molecule has 0 N–H and O–H groups in total. The van der Waals surface area contributed by atoms with Crippen molar-refractivity contribution in [2.24, 2.45) is 0 Å². The van der Waals surface area contributed by atoms with E-state index >= 15 is 0 Å². The molecule has 0 aliphatic carbocycles. The summed E-state index contributed by atoms with van der Waals surface area (Å²) in [5.41, 5.74) is 0.0412. The Morgan fingerprint density at radius 1 is 1.47 bits per heavy atom. The number of halogens is 1. The average Bonchev–Trinajstić information content (AvgIpc) is 2.38. The van der Waals surface area contributed by atoms with Crippen LogP contribution in [0.5, 0.6) is 0 Å². The van der Waals surface area contributed by atoms with Crippen molar-refractivity contribution in [1.29, 1.82) is 0 Å². The van der Waals surface area contributed by atoms with Crippen molar-refractivity contribution in [3.8, 4) is 0 Å². The predicted molar refractivity (Wildman–Crippen MR) is 68.7 cm³/mol. The van der Waals surface area contributed by atoms with Gasteiger partial charge in [0.2, 0.25) is 0 Å². The maximum Gasteiger partial charge on any atom is 0.295 e. The van der Waals surface area contributed by atoms with Crippen molar-refractivity contribution < 1.29 is 14.1 Å². The van der Waals surface area contributed by atoms with Gasteiger partial charge < -0.3 is 4.90 Å². The quantitative estimate of drug-likeness (QED) is 0.623. The van der Waals surface area contributed by atoms with E-state index in [4.69, 9.17) is 0 Å². The number of nitro benzene ring substituents is 1. The molecule has 1 heterocycles. The molecule has 0 saturated carbocycles. The van der Waals surface area contributed by atoms with Crippen LogP contribution < -0.4 is 4.90 Å². The van der Waals surface area contributed by atoms with E-state index in [1.807, 2.05) is 0 Å². The van der Waals surface area contributed by atoms with Crippen molar-refractivity contribution in [2.75, 3.05) is 11.4 Å². The topological polar surface area (TPSA) is 63.5 Å². The molecule has 1 aliphatic heterocycles. The number of benzene rings is 1. The third-order valence-electron chi connectivity index (χ3n) is 3.42. The monoisotopic (exact) mass is 266 g/mol. The number of nitro groups is 1. The standard InChI is InChI=1S/C13H15FN2O3/c1-9(17)11-4-2-3-7-15(11)12-6-5-10(14)8-13(12)16(18)19/h5-6,8,11H,2-4,7H2,1H3. The zero-order chi connectivity index (χ0) is 14.0. The minimum absolute atomic E-state index is 0.0154. The van der Waals surface area contributed by atoms with Gasteiger partial charge in [-0.25, -0.2) is 4.39 Å². The molecule has 2 rings (SSSR count). The number of anilines is 1. The first-order valence-electron chi connectivity index (χ1n) is 6.21. The molecule has 0 radical (unpaired) electrons. The van der Waals surface area contributed by atoms with Gasteiger partial charge in [0.05, 0.1) is 17.0 Å². The first-order chi connectivity index (χ1) is 9.00. The summed E-state index contributed by atoms with van der Waals surface area (Å²) < 4.78 is 13.1. The van der Waals surface area contributed by atoms with E-state index in [2.05, 4.69) is 0 Å². The van der Waals surface area contributed by atoms with Gasteiger partial charge in [-0.15, -0.1) is 0 Å². The van der Waals surface area contributed by atoms with E-state index in [1.54, 1.807) is 4.90 Å². The van der Waals surface area contributed by atoms with Gasteiger partial charge in [0.15, 0.2) is 5.78 Å². The molecule has 6 heteroatoms. The Hall–Kier alpha value is -1.98. The minimum Gasteiger partial charge on any atom is -0.356 e. The van der Waals surface area contributed by atoms with Crippen LogP contribution in [0.2, 0.25) is 0 Å². The number of hydrogen-bond acceptors (Lipinski definition) is 4. The Balaban J connectivity index is 2.44. The number of carbonyl (C=O) groups is 1. The van der Waals surface area contributed by atoms with Crippen LogP contribution in [0.4, 0.5) is 15.8 Å². The molecule has 1 fully saturated rings. The van der Waals surface area contributed by atoms with Gasteiger partial charge in [0.1, 0.15) is 11.5 Å². The number of piperidine rings is 1. The summed E-state index contributed by atoms with van der Waals surface area (Å²) in [5, 5.41) is 11.0. The summed E-state index contributed by atoms with van der Waals surface area (Å²) in [4.78, 5) is 23.8. The molecular formula is C13H15FN2O3. The largest absolute Gasteiger partial charge is 0.356 e. The van der Waals surface area contributed by atoms with E-state index in [0.29, 0.717) is 18.7 Å². The Morgan fingerprint density at radius 3 is 2.84 bits per heavy atom. The van der Waals surface area contributed by atoms with Gasteiger partial charge >= 0.3 is 0 Å². The smallest absolute Gasteiger partial charge is 0.295 e. The van der Waals surface area contributed by atoms with Gasteiger partial charge in [-0.2, -0.15) is 0 Å². The lowest BCUT2D eigenvalue weighted by atomic mass is 9.98. The molecule has 1 atom stereocenters. The molecule has 5 nitrogen and oxygen atoms in total.